The molecule has 0 saturated heterocycles. The van der Waals surface area contributed by atoms with Crippen LogP contribution >= 0.6 is 11.3 Å². The van der Waals surface area contributed by atoms with Gasteiger partial charge in [-0.05, 0) is 12.0 Å². The van der Waals surface area contributed by atoms with Crippen LogP contribution < -0.4 is 0 Å². The van der Waals surface area contributed by atoms with Crippen molar-refractivity contribution in [1.29, 1.82) is 0 Å². The van der Waals surface area contributed by atoms with Crippen LogP contribution in [0.25, 0.3) is 0 Å². The first-order chi connectivity index (χ1) is 8.35. The van der Waals surface area contributed by atoms with E-state index >= 15 is 0 Å². The van der Waals surface area contributed by atoms with E-state index in [0.29, 0.717) is 0 Å². The van der Waals surface area contributed by atoms with Gasteiger partial charge in [0, 0.05) is 12.5 Å². The van der Waals surface area contributed by atoms with Gasteiger partial charge in [0.05, 0.1) is 5.69 Å². The lowest BCUT2D eigenvalue weighted by molar-refractivity contribution is 0.136. The summed E-state index contributed by atoms with van der Waals surface area (Å²) in [6.07, 6.45) is 2.14. The molecule has 2 nitrogen and oxygen atoms in total. The first-order valence-electron chi connectivity index (χ1n) is 5.87. The van der Waals surface area contributed by atoms with E-state index in [2.05, 4.69) is 29.4 Å². The average Bonchev–Trinajstić information content (AvgIpc) is 2.81. The Balaban J connectivity index is 2.23. The lowest BCUT2D eigenvalue weighted by Gasteiger charge is -2.12. The number of hydrogen-bond acceptors (Lipinski definition) is 3. The zero-order chi connectivity index (χ0) is 12.1. The van der Waals surface area contributed by atoms with E-state index in [0.717, 1.165) is 23.4 Å². The maximum atomic E-state index is 5.56. The highest BCUT2D eigenvalue weighted by Gasteiger charge is 2.16. The Morgan fingerprint density at radius 1 is 1.29 bits per heavy atom. The number of rotatable bonds is 5. The molecule has 0 bridgehead atoms. The lowest BCUT2D eigenvalue weighted by Crippen LogP contribution is -2.03. The molecule has 0 aliphatic heterocycles. The highest BCUT2D eigenvalue weighted by Crippen LogP contribution is 2.28. The van der Waals surface area contributed by atoms with Crippen molar-refractivity contribution in [3.63, 3.8) is 0 Å². The molecule has 0 amide bonds. The van der Waals surface area contributed by atoms with E-state index in [1.54, 1.807) is 18.4 Å². The van der Waals surface area contributed by atoms with Crippen LogP contribution in [-0.2, 0) is 11.2 Å². The van der Waals surface area contributed by atoms with Crippen molar-refractivity contribution in [3.8, 4) is 0 Å². The summed E-state index contributed by atoms with van der Waals surface area (Å²) in [5, 5.41) is 3.18. The third-order valence-electron chi connectivity index (χ3n) is 2.64. The Bertz CT molecular complexity index is 452. The molecular weight excluding hydrogens is 230 g/mol. The summed E-state index contributed by atoms with van der Waals surface area (Å²) in [5.41, 5.74) is 2.33. The van der Waals surface area contributed by atoms with Crippen LogP contribution in [0.3, 0.4) is 0 Å². The van der Waals surface area contributed by atoms with Crippen LogP contribution in [0.15, 0.2) is 35.7 Å². The molecule has 0 aliphatic carbocycles. The number of methoxy groups -OCH3 is 1. The number of nitrogens with zero attached hydrogens (tertiary/aromatic N) is 1. The molecule has 90 valence electrons. The van der Waals surface area contributed by atoms with Crippen LogP contribution in [0.2, 0.25) is 0 Å². The van der Waals surface area contributed by atoms with Gasteiger partial charge in [0.2, 0.25) is 0 Å². The van der Waals surface area contributed by atoms with Crippen LogP contribution in [0.4, 0.5) is 0 Å². The van der Waals surface area contributed by atoms with E-state index < -0.39 is 0 Å². The molecule has 1 atom stereocenters. The van der Waals surface area contributed by atoms with Gasteiger partial charge in [-0.15, -0.1) is 11.3 Å². The van der Waals surface area contributed by atoms with Crippen molar-refractivity contribution in [3.05, 3.63) is 52.0 Å². The summed E-state index contributed by atoms with van der Waals surface area (Å²) in [7, 11) is 1.73. The van der Waals surface area contributed by atoms with Gasteiger partial charge in [0.25, 0.3) is 0 Å². The van der Waals surface area contributed by atoms with E-state index in [1.807, 2.05) is 18.2 Å². The standard InChI is InChI=1S/C14H17NOS/c1-3-7-12-10-17-14(15-12)13(16-2)11-8-5-4-6-9-11/h4-6,8-10,13H,3,7H2,1-2H3. The minimum atomic E-state index is -0.0354. The maximum absolute atomic E-state index is 5.56. The highest BCUT2D eigenvalue weighted by atomic mass is 32.1. The van der Waals surface area contributed by atoms with Crippen LogP contribution in [-0.4, -0.2) is 12.1 Å². The molecule has 1 aromatic carbocycles. The second-order valence-electron chi connectivity index (χ2n) is 3.95. The number of aryl methyl sites for hydroxylation is 1. The smallest absolute Gasteiger partial charge is 0.134 e. The SMILES string of the molecule is CCCc1csc(C(OC)c2ccccc2)n1. The van der Waals surface area contributed by atoms with Crippen LogP contribution in [0.5, 0.6) is 0 Å². The molecule has 2 aromatic rings. The third kappa shape index (κ3) is 2.93. The molecule has 0 aliphatic rings. The van der Waals surface area contributed by atoms with Crippen molar-refractivity contribution in [1.82, 2.24) is 4.98 Å². The predicted octanol–water partition coefficient (Wildman–Crippen LogP) is 3.83. The average molecular weight is 247 g/mol. The number of hydrogen-bond donors (Lipinski definition) is 0. The first-order valence-corrected chi connectivity index (χ1v) is 6.75. The van der Waals surface area contributed by atoms with Crippen molar-refractivity contribution < 1.29 is 4.74 Å². The number of thiazole rings is 1. The summed E-state index contributed by atoms with van der Waals surface area (Å²) in [6, 6.07) is 10.2. The summed E-state index contributed by atoms with van der Waals surface area (Å²) in [6.45, 7) is 2.17. The van der Waals surface area contributed by atoms with E-state index in [9.17, 15) is 0 Å². The fraction of sp³-hybridized carbons (Fsp3) is 0.357. The molecule has 2 rings (SSSR count). The topological polar surface area (TPSA) is 22.1 Å². The molecule has 3 heteroatoms. The predicted molar refractivity (Wildman–Crippen MR) is 71.4 cm³/mol. The third-order valence-corrected chi connectivity index (χ3v) is 3.57. The van der Waals surface area contributed by atoms with E-state index in [1.165, 1.54) is 5.69 Å². The van der Waals surface area contributed by atoms with E-state index in [-0.39, 0.29) is 6.10 Å². The second-order valence-corrected chi connectivity index (χ2v) is 4.84. The lowest BCUT2D eigenvalue weighted by atomic mass is 10.1. The first kappa shape index (κ1) is 12.3. The molecule has 0 radical (unpaired) electrons. The highest BCUT2D eigenvalue weighted by molar-refractivity contribution is 7.09. The zero-order valence-corrected chi connectivity index (χ0v) is 11.0. The molecule has 0 saturated carbocycles. The normalized spacial score (nSPS) is 12.6. The minimum absolute atomic E-state index is 0.0354. The molecule has 1 heterocycles. The van der Waals surface area contributed by atoms with Crippen molar-refractivity contribution >= 4 is 11.3 Å². The van der Waals surface area contributed by atoms with E-state index in [4.69, 9.17) is 4.74 Å². The van der Waals surface area contributed by atoms with Crippen molar-refractivity contribution in [2.45, 2.75) is 25.9 Å². The molecule has 17 heavy (non-hydrogen) atoms. The summed E-state index contributed by atoms with van der Waals surface area (Å²) < 4.78 is 5.56. The largest absolute Gasteiger partial charge is 0.370 e. The van der Waals surface area contributed by atoms with Crippen molar-refractivity contribution in [2.24, 2.45) is 0 Å². The van der Waals surface area contributed by atoms with Gasteiger partial charge in [0.15, 0.2) is 0 Å². The Morgan fingerprint density at radius 2 is 2.06 bits per heavy atom. The fourth-order valence-corrected chi connectivity index (χ4v) is 2.77. The molecular formula is C14H17NOS. The van der Waals surface area contributed by atoms with Gasteiger partial charge in [-0.25, -0.2) is 4.98 Å². The molecule has 0 N–H and O–H groups in total. The van der Waals surface area contributed by atoms with Gasteiger partial charge in [0.1, 0.15) is 11.1 Å². The maximum Gasteiger partial charge on any atom is 0.134 e. The molecule has 1 unspecified atom stereocenters. The van der Waals surface area contributed by atoms with Crippen LogP contribution in [0.1, 0.15) is 35.7 Å². The van der Waals surface area contributed by atoms with Gasteiger partial charge in [-0.1, -0.05) is 43.7 Å². The zero-order valence-electron chi connectivity index (χ0n) is 10.2. The Kier molecular flexibility index (Phi) is 4.29. The molecule has 0 spiro atoms. The second kappa shape index (κ2) is 5.94. The summed E-state index contributed by atoms with van der Waals surface area (Å²) >= 11 is 1.68. The molecule has 1 aromatic heterocycles. The minimum Gasteiger partial charge on any atom is -0.370 e. The Hall–Kier alpha value is -1.19. The number of aromatic nitrogens is 1. The van der Waals surface area contributed by atoms with Gasteiger partial charge >= 0.3 is 0 Å². The number of benzene rings is 1. The van der Waals surface area contributed by atoms with Gasteiger partial charge < -0.3 is 4.74 Å². The fourth-order valence-electron chi connectivity index (χ4n) is 1.82. The van der Waals surface area contributed by atoms with Crippen molar-refractivity contribution in [2.75, 3.05) is 7.11 Å². The summed E-state index contributed by atoms with van der Waals surface area (Å²) in [5.74, 6) is 0. The Morgan fingerprint density at radius 3 is 2.71 bits per heavy atom. The number of ether oxygens (including phenoxy) is 1. The quantitative estimate of drug-likeness (QED) is 0.801. The molecule has 0 fully saturated rings. The monoisotopic (exact) mass is 247 g/mol. The van der Waals surface area contributed by atoms with Gasteiger partial charge in [-0.2, -0.15) is 0 Å². The van der Waals surface area contributed by atoms with Crippen LogP contribution in [0, 0.1) is 0 Å². The van der Waals surface area contributed by atoms with Gasteiger partial charge in [-0.3, -0.25) is 0 Å². The Labute approximate surface area is 106 Å². The summed E-state index contributed by atoms with van der Waals surface area (Å²) in [4.78, 5) is 4.64.